The first kappa shape index (κ1) is 11.3. The van der Waals surface area contributed by atoms with Gasteiger partial charge in [-0.2, -0.15) is 0 Å². The molecule has 2 aromatic heterocycles. The van der Waals surface area contributed by atoms with Crippen molar-refractivity contribution in [3.63, 3.8) is 0 Å². The third-order valence-corrected chi connectivity index (χ3v) is 2.62. The zero-order valence-corrected chi connectivity index (χ0v) is 10.6. The van der Waals surface area contributed by atoms with Gasteiger partial charge in [0.15, 0.2) is 5.69 Å². The summed E-state index contributed by atoms with van der Waals surface area (Å²) in [5.74, 6) is -0.526. The zero-order chi connectivity index (χ0) is 11.7. The van der Waals surface area contributed by atoms with E-state index in [-0.39, 0.29) is 12.3 Å². The highest BCUT2D eigenvalue weighted by Gasteiger charge is 2.18. The van der Waals surface area contributed by atoms with Crippen LogP contribution in [0, 0.1) is 0 Å². The summed E-state index contributed by atoms with van der Waals surface area (Å²) < 4.78 is 7.04. The molecule has 2 rings (SSSR count). The summed E-state index contributed by atoms with van der Waals surface area (Å²) in [6.45, 7) is 2.01. The van der Waals surface area contributed by atoms with Crippen molar-refractivity contribution in [2.75, 3.05) is 6.61 Å². The molecule has 2 heterocycles. The van der Waals surface area contributed by atoms with Gasteiger partial charge in [-0.1, -0.05) is 16.8 Å². The van der Waals surface area contributed by atoms with E-state index in [4.69, 9.17) is 16.3 Å². The lowest BCUT2D eigenvalue weighted by Gasteiger charge is -2.00. The van der Waals surface area contributed by atoms with Gasteiger partial charge in [0, 0.05) is 10.7 Å². The standard InChI is InChI=1S/C9H7BrClN3O2/c1-2-16-9(15)7-8-6(11)3-5(10)4-14(8)13-12-7/h3-4H,2H2,1H3. The Bertz CT molecular complexity index is 555. The number of hydrogen-bond acceptors (Lipinski definition) is 4. The number of pyridine rings is 1. The van der Waals surface area contributed by atoms with Crippen LogP contribution in [0.2, 0.25) is 5.02 Å². The Morgan fingerprint density at radius 1 is 1.69 bits per heavy atom. The van der Waals surface area contributed by atoms with E-state index in [1.54, 1.807) is 19.2 Å². The highest BCUT2D eigenvalue weighted by Crippen LogP contribution is 2.24. The Morgan fingerprint density at radius 3 is 3.12 bits per heavy atom. The molecule has 0 radical (unpaired) electrons. The lowest BCUT2D eigenvalue weighted by atomic mass is 10.3. The number of fused-ring (bicyclic) bond motifs is 1. The third-order valence-electron chi connectivity index (χ3n) is 1.90. The van der Waals surface area contributed by atoms with E-state index in [1.165, 1.54) is 4.52 Å². The number of aromatic nitrogens is 3. The van der Waals surface area contributed by atoms with E-state index in [1.807, 2.05) is 0 Å². The van der Waals surface area contributed by atoms with Crippen LogP contribution in [0.25, 0.3) is 5.52 Å². The Kier molecular flexibility index (Phi) is 3.11. The summed E-state index contributed by atoms with van der Waals surface area (Å²) in [5, 5.41) is 7.94. The van der Waals surface area contributed by atoms with Gasteiger partial charge in [0.05, 0.1) is 11.6 Å². The molecule has 2 aromatic rings. The molecule has 0 saturated heterocycles. The van der Waals surface area contributed by atoms with Crippen LogP contribution in [-0.4, -0.2) is 27.4 Å². The molecule has 0 amide bonds. The predicted molar refractivity (Wildman–Crippen MR) is 61.7 cm³/mol. The van der Waals surface area contributed by atoms with E-state index in [2.05, 4.69) is 26.2 Å². The quantitative estimate of drug-likeness (QED) is 0.799. The molecule has 7 heteroatoms. The summed E-state index contributed by atoms with van der Waals surface area (Å²) >= 11 is 9.29. The minimum Gasteiger partial charge on any atom is -0.461 e. The SMILES string of the molecule is CCOC(=O)c1nnn2cc(Br)cc(Cl)c12. The van der Waals surface area contributed by atoms with Crippen molar-refractivity contribution in [2.45, 2.75) is 6.92 Å². The van der Waals surface area contributed by atoms with Gasteiger partial charge in [-0.3, -0.25) is 0 Å². The number of nitrogens with zero attached hydrogens (tertiary/aromatic N) is 3. The second-order valence-corrected chi connectivity index (χ2v) is 4.28. The highest BCUT2D eigenvalue weighted by atomic mass is 79.9. The van der Waals surface area contributed by atoms with Gasteiger partial charge in [0.2, 0.25) is 0 Å². The fourth-order valence-corrected chi connectivity index (χ4v) is 2.14. The summed E-state index contributed by atoms with van der Waals surface area (Å²) in [6, 6.07) is 1.67. The molecular formula is C9H7BrClN3O2. The topological polar surface area (TPSA) is 56.5 Å². The van der Waals surface area contributed by atoms with Crippen LogP contribution in [0.4, 0.5) is 0 Å². The van der Waals surface area contributed by atoms with Gasteiger partial charge in [-0.15, -0.1) is 5.10 Å². The fraction of sp³-hybridized carbons (Fsp3) is 0.222. The molecule has 0 unspecified atom stereocenters. The van der Waals surface area contributed by atoms with Gasteiger partial charge in [0.25, 0.3) is 0 Å². The number of hydrogen-bond donors (Lipinski definition) is 0. The van der Waals surface area contributed by atoms with Crippen molar-refractivity contribution in [2.24, 2.45) is 0 Å². The molecule has 0 atom stereocenters. The van der Waals surface area contributed by atoms with Crippen LogP contribution in [0.15, 0.2) is 16.7 Å². The molecule has 0 fully saturated rings. The third kappa shape index (κ3) is 1.90. The Morgan fingerprint density at radius 2 is 2.44 bits per heavy atom. The summed E-state index contributed by atoms with van der Waals surface area (Å²) in [4.78, 5) is 11.5. The lowest BCUT2D eigenvalue weighted by Crippen LogP contribution is -2.05. The van der Waals surface area contributed by atoms with E-state index in [0.717, 1.165) is 4.47 Å². The second kappa shape index (κ2) is 4.39. The Hall–Kier alpha value is -1.14. The molecule has 16 heavy (non-hydrogen) atoms. The Labute approximate surface area is 104 Å². The van der Waals surface area contributed by atoms with Gasteiger partial charge in [-0.05, 0) is 28.9 Å². The van der Waals surface area contributed by atoms with Crippen molar-refractivity contribution in [3.8, 4) is 0 Å². The van der Waals surface area contributed by atoms with Gasteiger partial charge < -0.3 is 4.74 Å². The van der Waals surface area contributed by atoms with Crippen molar-refractivity contribution in [1.29, 1.82) is 0 Å². The summed E-state index contributed by atoms with van der Waals surface area (Å²) in [7, 11) is 0. The van der Waals surface area contributed by atoms with Crippen LogP contribution in [-0.2, 0) is 4.74 Å². The number of ether oxygens (including phenoxy) is 1. The molecule has 0 aliphatic heterocycles. The summed E-state index contributed by atoms with van der Waals surface area (Å²) in [6.07, 6.45) is 1.66. The molecular weight excluding hydrogens is 297 g/mol. The van der Waals surface area contributed by atoms with Crippen LogP contribution in [0.1, 0.15) is 17.4 Å². The lowest BCUT2D eigenvalue weighted by molar-refractivity contribution is 0.0521. The molecule has 0 spiro atoms. The van der Waals surface area contributed by atoms with E-state index >= 15 is 0 Å². The minimum atomic E-state index is -0.526. The number of halogens is 2. The highest BCUT2D eigenvalue weighted by molar-refractivity contribution is 9.10. The van der Waals surface area contributed by atoms with Crippen LogP contribution in [0.5, 0.6) is 0 Å². The van der Waals surface area contributed by atoms with E-state index in [0.29, 0.717) is 10.5 Å². The van der Waals surface area contributed by atoms with Crippen molar-refractivity contribution in [1.82, 2.24) is 14.8 Å². The van der Waals surface area contributed by atoms with Crippen LogP contribution >= 0.6 is 27.5 Å². The average Bonchev–Trinajstić information content (AvgIpc) is 2.61. The first-order chi connectivity index (χ1) is 7.63. The molecule has 84 valence electrons. The molecule has 5 nitrogen and oxygen atoms in total. The van der Waals surface area contributed by atoms with Crippen molar-refractivity contribution in [3.05, 3.63) is 27.5 Å². The van der Waals surface area contributed by atoms with Crippen molar-refractivity contribution >= 4 is 39.0 Å². The van der Waals surface area contributed by atoms with Gasteiger partial charge in [-0.25, -0.2) is 9.31 Å². The molecule has 0 aliphatic rings. The first-order valence-corrected chi connectivity index (χ1v) is 5.67. The minimum absolute atomic E-state index is 0.124. The van der Waals surface area contributed by atoms with Gasteiger partial charge >= 0.3 is 5.97 Å². The van der Waals surface area contributed by atoms with Crippen LogP contribution in [0.3, 0.4) is 0 Å². The van der Waals surface area contributed by atoms with E-state index < -0.39 is 5.97 Å². The first-order valence-electron chi connectivity index (χ1n) is 4.50. The monoisotopic (exact) mass is 303 g/mol. The van der Waals surface area contributed by atoms with Gasteiger partial charge in [0.1, 0.15) is 5.52 Å². The van der Waals surface area contributed by atoms with Crippen molar-refractivity contribution < 1.29 is 9.53 Å². The maximum absolute atomic E-state index is 11.5. The number of carbonyl (C=O) groups is 1. The van der Waals surface area contributed by atoms with Crippen LogP contribution < -0.4 is 0 Å². The molecule has 0 aliphatic carbocycles. The number of esters is 1. The average molecular weight is 305 g/mol. The second-order valence-electron chi connectivity index (χ2n) is 2.96. The maximum Gasteiger partial charge on any atom is 0.361 e. The maximum atomic E-state index is 11.5. The number of rotatable bonds is 2. The predicted octanol–water partition coefficient (Wildman–Crippen LogP) is 2.32. The van der Waals surface area contributed by atoms with E-state index in [9.17, 15) is 4.79 Å². The Balaban J connectivity index is 2.60. The fourth-order valence-electron chi connectivity index (χ4n) is 1.29. The summed E-state index contributed by atoms with van der Waals surface area (Å²) in [5.41, 5.74) is 0.572. The molecule has 0 aromatic carbocycles. The molecule has 0 saturated carbocycles. The normalized spacial score (nSPS) is 10.7. The zero-order valence-electron chi connectivity index (χ0n) is 8.28. The smallest absolute Gasteiger partial charge is 0.361 e. The molecule has 0 N–H and O–H groups in total. The largest absolute Gasteiger partial charge is 0.461 e. The molecule has 0 bridgehead atoms. The number of carbonyl (C=O) groups excluding carboxylic acids is 1.